The van der Waals surface area contributed by atoms with Crippen LogP contribution in [0.4, 0.5) is 11.5 Å². The highest BCUT2D eigenvalue weighted by molar-refractivity contribution is 6.01. The van der Waals surface area contributed by atoms with Crippen molar-refractivity contribution in [3.8, 4) is 0 Å². The standard InChI is InChI=1S/C12H17N5O3/c1-8-3-2-4-16(7-8)12-10(11(13)15-18)5-9(6-14-12)17(19)20/h5-6,8,18H,2-4,7H2,1H3,(H2,13,15). The molecule has 0 saturated carbocycles. The van der Waals surface area contributed by atoms with Gasteiger partial charge in [-0.25, -0.2) is 4.98 Å². The molecule has 0 spiro atoms. The first-order valence-electron chi connectivity index (χ1n) is 6.40. The van der Waals surface area contributed by atoms with Crippen molar-refractivity contribution in [1.29, 1.82) is 0 Å². The Morgan fingerprint density at radius 3 is 3.05 bits per heavy atom. The third-order valence-electron chi connectivity index (χ3n) is 3.40. The van der Waals surface area contributed by atoms with Crippen molar-refractivity contribution in [3.63, 3.8) is 0 Å². The molecule has 0 aliphatic carbocycles. The summed E-state index contributed by atoms with van der Waals surface area (Å²) in [5, 5.41) is 22.6. The summed E-state index contributed by atoms with van der Waals surface area (Å²) in [6.45, 7) is 3.75. The molecule has 8 heteroatoms. The summed E-state index contributed by atoms with van der Waals surface area (Å²) in [5.74, 6) is 0.868. The normalized spacial score (nSPS) is 19.9. The molecule has 0 radical (unpaired) electrons. The van der Waals surface area contributed by atoms with E-state index < -0.39 is 4.92 Å². The molecule has 8 nitrogen and oxygen atoms in total. The summed E-state index contributed by atoms with van der Waals surface area (Å²) < 4.78 is 0. The Balaban J connectivity index is 2.43. The molecular weight excluding hydrogens is 262 g/mol. The molecule has 20 heavy (non-hydrogen) atoms. The van der Waals surface area contributed by atoms with Gasteiger partial charge in [0.05, 0.1) is 10.5 Å². The van der Waals surface area contributed by atoms with Crippen molar-refractivity contribution >= 4 is 17.3 Å². The third-order valence-corrected chi connectivity index (χ3v) is 3.40. The zero-order chi connectivity index (χ0) is 14.7. The van der Waals surface area contributed by atoms with Gasteiger partial charge in [0.2, 0.25) is 0 Å². The van der Waals surface area contributed by atoms with Gasteiger partial charge < -0.3 is 15.8 Å². The molecule has 3 N–H and O–H groups in total. The summed E-state index contributed by atoms with van der Waals surface area (Å²) in [6, 6.07) is 1.29. The summed E-state index contributed by atoms with van der Waals surface area (Å²) in [7, 11) is 0. The Bertz CT molecular complexity index is 546. The Hall–Kier alpha value is -2.38. The van der Waals surface area contributed by atoms with E-state index in [2.05, 4.69) is 17.1 Å². The van der Waals surface area contributed by atoms with Crippen LogP contribution in [0, 0.1) is 16.0 Å². The molecular formula is C12H17N5O3. The van der Waals surface area contributed by atoms with Crippen molar-refractivity contribution < 1.29 is 10.1 Å². The predicted molar refractivity (Wildman–Crippen MR) is 74.0 cm³/mol. The van der Waals surface area contributed by atoms with Crippen LogP contribution in [0.1, 0.15) is 25.3 Å². The quantitative estimate of drug-likeness (QED) is 0.283. The summed E-state index contributed by atoms with van der Waals surface area (Å²) >= 11 is 0. The Morgan fingerprint density at radius 1 is 1.70 bits per heavy atom. The van der Waals surface area contributed by atoms with E-state index in [1.54, 1.807) is 0 Å². The number of pyridine rings is 1. The molecule has 1 aliphatic rings. The average Bonchev–Trinajstić information content (AvgIpc) is 2.45. The van der Waals surface area contributed by atoms with Gasteiger partial charge in [0.15, 0.2) is 5.84 Å². The van der Waals surface area contributed by atoms with Gasteiger partial charge in [-0.3, -0.25) is 10.1 Å². The predicted octanol–water partition coefficient (Wildman–Crippen LogP) is 1.32. The van der Waals surface area contributed by atoms with E-state index in [1.165, 1.54) is 12.3 Å². The SMILES string of the molecule is CC1CCCN(c2ncc([N+](=O)[O-])cc2C(N)=NO)C1. The van der Waals surface area contributed by atoms with Crippen LogP contribution in [0.5, 0.6) is 0 Å². The first kappa shape index (κ1) is 14.0. The van der Waals surface area contributed by atoms with Crippen molar-refractivity contribution in [2.24, 2.45) is 16.8 Å². The molecule has 1 atom stereocenters. The highest BCUT2D eigenvalue weighted by Crippen LogP contribution is 2.26. The van der Waals surface area contributed by atoms with E-state index in [-0.39, 0.29) is 17.1 Å². The van der Waals surface area contributed by atoms with Crippen LogP contribution in [-0.2, 0) is 0 Å². The van der Waals surface area contributed by atoms with E-state index >= 15 is 0 Å². The van der Waals surface area contributed by atoms with E-state index in [0.717, 1.165) is 25.9 Å². The number of aromatic nitrogens is 1. The fourth-order valence-corrected chi connectivity index (χ4v) is 2.42. The number of nitrogens with two attached hydrogens (primary N) is 1. The Kier molecular flexibility index (Phi) is 4.02. The molecule has 1 aliphatic heterocycles. The number of nitro groups is 1. The fraction of sp³-hybridized carbons (Fsp3) is 0.500. The number of piperidine rings is 1. The van der Waals surface area contributed by atoms with Crippen LogP contribution in [-0.4, -0.2) is 34.0 Å². The average molecular weight is 279 g/mol. The number of amidine groups is 1. The summed E-state index contributed by atoms with van der Waals surface area (Å²) in [4.78, 5) is 16.4. The lowest BCUT2D eigenvalue weighted by Gasteiger charge is -2.32. The molecule has 1 aromatic heterocycles. The lowest BCUT2D eigenvalue weighted by Crippen LogP contribution is -2.36. The van der Waals surface area contributed by atoms with Crippen molar-refractivity contribution in [2.75, 3.05) is 18.0 Å². The number of rotatable bonds is 3. The van der Waals surface area contributed by atoms with Gasteiger partial charge in [0.25, 0.3) is 5.69 Å². The zero-order valence-electron chi connectivity index (χ0n) is 11.2. The van der Waals surface area contributed by atoms with Crippen LogP contribution in [0.2, 0.25) is 0 Å². The molecule has 108 valence electrons. The number of anilines is 1. The second-order valence-corrected chi connectivity index (χ2v) is 5.00. The van der Waals surface area contributed by atoms with E-state index in [9.17, 15) is 10.1 Å². The van der Waals surface area contributed by atoms with Gasteiger partial charge in [0, 0.05) is 19.2 Å². The van der Waals surface area contributed by atoms with E-state index in [0.29, 0.717) is 11.7 Å². The van der Waals surface area contributed by atoms with Gasteiger partial charge in [-0.2, -0.15) is 0 Å². The number of hydrogen-bond donors (Lipinski definition) is 2. The summed E-state index contributed by atoms with van der Waals surface area (Å²) in [6.07, 6.45) is 3.36. The van der Waals surface area contributed by atoms with Crippen molar-refractivity contribution in [2.45, 2.75) is 19.8 Å². The molecule has 0 amide bonds. The largest absolute Gasteiger partial charge is 0.409 e. The minimum absolute atomic E-state index is 0.172. The smallest absolute Gasteiger partial charge is 0.288 e. The highest BCUT2D eigenvalue weighted by atomic mass is 16.6. The minimum Gasteiger partial charge on any atom is -0.409 e. The minimum atomic E-state index is -0.552. The Morgan fingerprint density at radius 2 is 2.45 bits per heavy atom. The second-order valence-electron chi connectivity index (χ2n) is 5.00. The van der Waals surface area contributed by atoms with Gasteiger partial charge in [-0.1, -0.05) is 12.1 Å². The number of nitrogens with zero attached hydrogens (tertiary/aromatic N) is 4. The Labute approximate surface area is 116 Å². The molecule has 1 aromatic rings. The first-order chi connectivity index (χ1) is 9.52. The van der Waals surface area contributed by atoms with Crippen LogP contribution < -0.4 is 10.6 Å². The highest BCUT2D eigenvalue weighted by Gasteiger charge is 2.23. The maximum absolute atomic E-state index is 10.8. The van der Waals surface area contributed by atoms with Crippen molar-refractivity contribution in [1.82, 2.24) is 4.98 Å². The van der Waals surface area contributed by atoms with Crippen LogP contribution in [0.25, 0.3) is 0 Å². The maximum Gasteiger partial charge on any atom is 0.288 e. The molecule has 1 saturated heterocycles. The molecule has 1 fully saturated rings. The third kappa shape index (κ3) is 2.79. The van der Waals surface area contributed by atoms with E-state index in [4.69, 9.17) is 10.9 Å². The van der Waals surface area contributed by atoms with Crippen molar-refractivity contribution in [3.05, 3.63) is 27.9 Å². The van der Waals surface area contributed by atoms with Crippen LogP contribution in [0.15, 0.2) is 17.4 Å². The number of hydrogen-bond acceptors (Lipinski definition) is 6. The molecule has 0 bridgehead atoms. The van der Waals surface area contributed by atoms with Gasteiger partial charge in [-0.15, -0.1) is 0 Å². The molecule has 1 unspecified atom stereocenters. The first-order valence-corrected chi connectivity index (χ1v) is 6.40. The maximum atomic E-state index is 10.8. The van der Waals surface area contributed by atoms with Gasteiger partial charge in [-0.05, 0) is 18.8 Å². The van der Waals surface area contributed by atoms with Gasteiger partial charge in [0.1, 0.15) is 12.0 Å². The van der Waals surface area contributed by atoms with Crippen LogP contribution >= 0.6 is 0 Å². The zero-order valence-corrected chi connectivity index (χ0v) is 11.2. The molecule has 2 heterocycles. The monoisotopic (exact) mass is 279 g/mol. The van der Waals surface area contributed by atoms with Gasteiger partial charge >= 0.3 is 0 Å². The molecule has 0 aromatic carbocycles. The number of oxime groups is 1. The summed E-state index contributed by atoms with van der Waals surface area (Å²) in [5.41, 5.74) is 5.72. The lowest BCUT2D eigenvalue weighted by atomic mass is 10.00. The second kappa shape index (κ2) is 5.72. The van der Waals surface area contributed by atoms with Crippen LogP contribution in [0.3, 0.4) is 0 Å². The molecule has 2 rings (SSSR count). The fourth-order valence-electron chi connectivity index (χ4n) is 2.42. The topological polar surface area (TPSA) is 118 Å². The lowest BCUT2D eigenvalue weighted by molar-refractivity contribution is -0.385. The van der Waals surface area contributed by atoms with E-state index in [1.807, 2.05) is 4.90 Å².